The van der Waals surface area contributed by atoms with E-state index in [2.05, 4.69) is 10.6 Å². The minimum absolute atomic E-state index is 0.507. The van der Waals surface area contributed by atoms with Crippen LogP contribution in [-0.4, -0.2) is 18.4 Å². The molecule has 0 atom stereocenters. The summed E-state index contributed by atoms with van der Waals surface area (Å²) in [6.07, 6.45) is 1.81. The average molecular weight is 312 g/mol. The third-order valence-electron chi connectivity index (χ3n) is 3.11. The predicted molar refractivity (Wildman–Crippen MR) is 89.5 cm³/mol. The van der Waals surface area contributed by atoms with E-state index in [0.717, 1.165) is 18.6 Å². The lowest BCUT2D eigenvalue weighted by Crippen LogP contribution is -2.35. The highest BCUT2D eigenvalue weighted by Gasteiger charge is 2.12. The molecule has 2 amide bonds. The normalized spacial score (nSPS) is 9.96. The number of carbonyl (C=O) groups excluding carboxylic acids is 2. The summed E-state index contributed by atoms with van der Waals surface area (Å²) in [4.78, 5) is 23.3. The number of hydrogen-bond acceptors (Lipinski definition) is 3. The number of benzene rings is 2. The van der Waals surface area contributed by atoms with Crippen LogP contribution < -0.4 is 15.4 Å². The Morgan fingerprint density at radius 3 is 2.22 bits per heavy atom. The van der Waals surface area contributed by atoms with Gasteiger partial charge in [-0.1, -0.05) is 31.5 Å². The summed E-state index contributed by atoms with van der Waals surface area (Å²) in [5, 5.41) is 5.13. The molecule has 0 aliphatic heterocycles. The summed E-state index contributed by atoms with van der Waals surface area (Å²) in [5.41, 5.74) is 0.543. The van der Waals surface area contributed by atoms with Gasteiger partial charge in [-0.15, -0.1) is 0 Å². The van der Waals surface area contributed by atoms with E-state index in [9.17, 15) is 9.59 Å². The van der Waals surface area contributed by atoms with Crippen molar-refractivity contribution in [3.63, 3.8) is 0 Å². The standard InChI is InChI=1S/C18H20N2O3/c1-2-3-13-19-17(21)18(22)20-14-9-11-16(12-10-14)23-15-7-5-4-6-8-15/h4-12H,2-3,13H2,1H3,(H,19,21)(H,20,22). The zero-order valence-corrected chi connectivity index (χ0v) is 13.0. The Hall–Kier alpha value is -2.82. The van der Waals surface area contributed by atoms with Gasteiger partial charge < -0.3 is 15.4 Å². The van der Waals surface area contributed by atoms with Gasteiger partial charge in [0.25, 0.3) is 0 Å². The fourth-order valence-electron chi connectivity index (χ4n) is 1.88. The molecule has 2 N–H and O–H groups in total. The second-order valence-electron chi connectivity index (χ2n) is 5.00. The molecular formula is C18H20N2O3. The molecule has 0 bridgehead atoms. The number of carbonyl (C=O) groups is 2. The highest BCUT2D eigenvalue weighted by Crippen LogP contribution is 2.22. The summed E-state index contributed by atoms with van der Waals surface area (Å²) in [5.74, 6) is 0.0991. The second-order valence-corrected chi connectivity index (χ2v) is 5.00. The second kappa shape index (κ2) is 8.58. The zero-order chi connectivity index (χ0) is 16.5. The molecule has 0 spiro atoms. The van der Waals surface area contributed by atoms with E-state index in [-0.39, 0.29) is 0 Å². The van der Waals surface area contributed by atoms with Gasteiger partial charge in [-0.3, -0.25) is 9.59 Å². The SMILES string of the molecule is CCCCNC(=O)C(=O)Nc1ccc(Oc2ccccc2)cc1. The Balaban J connectivity index is 1.87. The van der Waals surface area contributed by atoms with Gasteiger partial charge in [0.2, 0.25) is 0 Å². The molecule has 2 rings (SSSR count). The van der Waals surface area contributed by atoms with Crippen molar-refractivity contribution in [1.82, 2.24) is 5.32 Å². The third kappa shape index (κ3) is 5.47. The summed E-state index contributed by atoms with van der Waals surface area (Å²) in [6, 6.07) is 16.3. The summed E-state index contributed by atoms with van der Waals surface area (Å²) >= 11 is 0. The van der Waals surface area contributed by atoms with Gasteiger partial charge in [-0.25, -0.2) is 0 Å². The molecule has 120 valence electrons. The maximum atomic E-state index is 11.7. The largest absolute Gasteiger partial charge is 0.457 e. The van der Waals surface area contributed by atoms with Crippen molar-refractivity contribution < 1.29 is 14.3 Å². The molecule has 0 saturated heterocycles. The van der Waals surface area contributed by atoms with Crippen molar-refractivity contribution in [3.05, 3.63) is 54.6 Å². The molecular weight excluding hydrogens is 292 g/mol. The van der Waals surface area contributed by atoms with E-state index in [4.69, 9.17) is 4.74 Å². The summed E-state index contributed by atoms with van der Waals surface area (Å²) in [6.45, 7) is 2.53. The van der Waals surface area contributed by atoms with Gasteiger partial charge >= 0.3 is 11.8 Å². The first-order chi connectivity index (χ1) is 11.2. The lowest BCUT2D eigenvalue weighted by Gasteiger charge is -2.08. The number of nitrogens with one attached hydrogen (secondary N) is 2. The van der Waals surface area contributed by atoms with Crippen molar-refractivity contribution in [2.24, 2.45) is 0 Å². The highest BCUT2D eigenvalue weighted by atomic mass is 16.5. The number of anilines is 1. The zero-order valence-electron chi connectivity index (χ0n) is 13.0. The summed E-state index contributed by atoms with van der Waals surface area (Å²) in [7, 11) is 0. The molecule has 5 nitrogen and oxygen atoms in total. The lowest BCUT2D eigenvalue weighted by molar-refractivity contribution is -0.136. The van der Waals surface area contributed by atoms with Crippen LogP contribution in [0.15, 0.2) is 54.6 Å². The van der Waals surface area contributed by atoms with Gasteiger partial charge in [0.1, 0.15) is 11.5 Å². The number of ether oxygens (including phenoxy) is 1. The van der Waals surface area contributed by atoms with E-state index in [1.807, 2.05) is 37.3 Å². The molecule has 0 saturated carbocycles. The van der Waals surface area contributed by atoms with Crippen LogP contribution in [0.1, 0.15) is 19.8 Å². The first-order valence-electron chi connectivity index (χ1n) is 7.61. The maximum Gasteiger partial charge on any atom is 0.313 e. The van der Waals surface area contributed by atoms with E-state index in [0.29, 0.717) is 18.0 Å². The Kier molecular flexibility index (Phi) is 6.17. The van der Waals surface area contributed by atoms with Crippen LogP contribution in [0.5, 0.6) is 11.5 Å². The van der Waals surface area contributed by atoms with E-state index >= 15 is 0 Å². The Morgan fingerprint density at radius 1 is 0.913 bits per heavy atom. The van der Waals surface area contributed by atoms with E-state index in [1.165, 1.54) is 0 Å². The molecule has 0 radical (unpaired) electrons. The van der Waals surface area contributed by atoms with Gasteiger partial charge in [0.05, 0.1) is 0 Å². The van der Waals surface area contributed by atoms with Crippen LogP contribution in [0.3, 0.4) is 0 Å². The monoisotopic (exact) mass is 312 g/mol. The molecule has 0 heterocycles. The number of hydrogen-bond donors (Lipinski definition) is 2. The molecule has 0 fully saturated rings. The lowest BCUT2D eigenvalue weighted by atomic mass is 10.3. The van der Waals surface area contributed by atoms with Gasteiger partial charge in [-0.2, -0.15) is 0 Å². The first kappa shape index (κ1) is 16.5. The number of unbranched alkanes of at least 4 members (excludes halogenated alkanes) is 1. The van der Waals surface area contributed by atoms with Crippen LogP contribution in [0, 0.1) is 0 Å². The van der Waals surface area contributed by atoms with Crippen molar-refractivity contribution in [2.45, 2.75) is 19.8 Å². The van der Waals surface area contributed by atoms with Gasteiger partial charge in [0, 0.05) is 12.2 Å². The van der Waals surface area contributed by atoms with E-state index < -0.39 is 11.8 Å². The molecule has 0 aromatic heterocycles. The first-order valence-corrected chi connectivity index (χ1v) is 7.61. The topological polar surface area (TPSA) is 67.4 Å². The van der Waals surface area contributed by atoms with Gasteiger partial charge in [-0.05, 0) is 42.8 Å². The van der Waals surface area contributed by atoms with Crippen LogP contribution >= 0.6 is 0 Å². The quantitative estimate of drug-likeness (QED) is 0.635. The predicted octanol–water partition coefficient (Wildman–Crippen LogP) is 3.33. The van der Waals surface area contributed by atoms with Crippen LogP contribution in [0.2, 0.25) is 0 Å². The minimum Gasteiger partial charge on any atom is -0.457 e. The molecule has 0 aliphatic carbocycles. The van der Waals surface area contributed by atoms with Crippen LogP contribution in [-0.2, 0) is 9.59 Å². The maximum absolute atomic E-state index is 11.7. The van der Waals surface area contributed by atoms with Gasteiger partial charge in [0.15, 0.2) is 0 Å². The fourth-order valence-corrected chi connectivity index (χ4v) is 1.88. The Bertz CT molecular complexity index is 639. The van der Waals surface area contributed by atoms with Crippen LogP contribution in [0.25, 0.3) is 0 Å². The molecule has 2 aromatic carbocycles. The molecule has 5 heteroatoms. The number of amides is 2. The Labute approximate surface area is 135 Å². The number of rotatable bonds is 6. The molecule has 0 unspecified atom stereocenters. The van der Waals surface area contributed by atoms with Crippen molar-refractivity contribution in [2.75, 3.05) is 11.9 Å². The molecule has 0 aliphatic rings. The smallest absolute Gasteiger partial charge is 0.313 e. The van der Waals surface area contributed by atoms with E-state index in [1.54, 1.807) is 24.3 Å². The van der Waals surface area contributed by atoms with Crippen molar-refractivity contribution in [3.8, 4) is 11.5 Å². The molecule has 2 aromatic rings. The summed E-state index contributed by atoms with van der Waals surface area (Å²) < 4.78 is 5.66. The third-order valence-corrected chi connectivity index (χ3v) is 3.11. The van der Waals surface area contributed by atoms with Crippen LogP contribution in [0.4, 0.5) is 5.69 Å². The average Bonchev–Trinajstić information content (AvgIpc) is 2.57. The van der Waals surface area contributed by atoms with Crippen molar-refractivity contribution >= 4 is 17.5 Å². The van der Waals surface area contributed by atoms with Crippen molar-refractivity contribution in [1.29, 1.82) is 0 Å². The molecule has 23 heavy (non-hydrogen) atoms. The minimum atomic E-state index is -0.669. The number of para-hydroxylation sites is 1. The fraction of sp³-hybridized carbons (Fsp3) is 0.222. The highest BCUT2D eigenvalue weighted by molar-refractivity contribution is 6.39. The Morgan fingerprint density at radius 2 is 1.57 bits per heavy atom.